The summed E-state index contributed by atoms with van der Waals surface area (Å²) in [5, 5.41) is 0. The zero-order valence-corrected chi connectivity index (χ0v) is 9.36. The first-order valence-electron chi connectivity index (χ1n) is 5.25. The molecule has 0 bridgehead atoms. The molecule has 1 aliphatic rings. The summed E-state index contributed by atoms with van der Waals surface area (Å²) in [7, 11) is 1.36. The molecule has 0 aliphatic carbocycles. The maximum absolute atomic E-state index is 11.4. The lowest BCUT2D eigenvalue weighted by Crippen LogP contribution is -2.26. The second-order valence-electron chi connectivity index (χ2n) is 3.51. The summed E-state index contributed by atoms with van der Waals surface area (Å²) in [6.07, 6.45) is 0.00438. The van der Waals surface area contributed by atoms with Crippen molar-refractivity contribution < 1.29 is 19.0 Å². The Labute approximate surface area is 94.1 Å². The smallest absolute Gasteiger partial charge is 0.347 e. The van der Waals surface area contributed by atoms with Crippen LogP contribution in [-0.4, -0.2) is 25.8 Å². The molecule has 86 valence electrons. The maximum atomic E-state index is 11.4. The first kappa shape index (κ1) is 10.8. The van der Waals surface area contributed by atoms with Crippen molar-refractivity contribution in [3.8, 4) is 11.5 Å². The van der Waals surface area contributed by atoms with Gasteiger partial charge in [0.1, 0.15) is 0 Å². The van der Waals surface area contributed by atoms with Gasteiger partial charge in [-0.25, -0.2) is 4.79 Å². The number of esters is 1. The standard InChI is InChI=1S/C12H14O4/c1-3-15-9-6-4-5-8-7-10(12(13)14-2)16-11(8)9/h4-6,10H,3,7H2,1-2H3. The molecule has 1 unspecified atom stereocenters. The van der Waals surface area contributed by atoms with Gasteiger partial charge >= 0.3 is 5.97 Å². The Kier molecular flexibility index (Phi) is 2.99. The normalized spacial score (nSPS) is 17.5. The van der Waals surface area contributed by atoms with E-state index in [-0.39, 0.29) is 5.97 Å². The van der Waals surface area contributed by atoms with Crippen LogP contribution in [0.5, 0.6) is 11.5 Å². The van der Waals surface area contributed by atoms with Gasteiger partial charge in [-0.15, -0.1) is 0 Å². The maximum Gasteiger partial charge on any atom is 0.347 e. The van der Waals surface area contributed by atoms with E-state index < -0.39 is 6.10 Å². The fourth-order valence-electron chi connectivity index (χ4n) is 1.77. The van der Waals surface area contributed by atoms with E-state index in [1.807, 2.05) is 25.1 Å². The van der Waals surface area contributed by atoms with E-state index in [1.165, 1.54) is 7.11 Å². The SMILES string of the molecule is CCOc1cccc2c1OC(C(=O)OC)C2. The number of methoxy groups -OCH3 is 1. The molecular weight excluding hydrogens is 208 g/mol. The van der Waals surface area contributed by atoms with E-state index in [2.05, 4.69) is 4.74 Å². The van der Waals surface area contributed by atoms with Crippen molar-refractivity contribution in [2.24, 2.45) is 0 Å². The van der Waals surface area contributed by atoms with Gasteiger partial charge in [-0.1, -0.05) is 12.1 Å². The molecule has 0 spiro atoms. The molecule has 0 N–H and O–H groups in total. The van der Waals surface area contributed by atoms with Crippen LogP contribution in [0.4, 0.5) is 0 Å². The second kappa shape index (κ2) is 4.43. The molecule has 0 aromatic heterocycles. The molecule has 1 aromatic rings. The van der Waals surface area contributed by atoms with Gasteiger partial charge in [0.25, 0.3) is 0 Å². The summed E-state index contributed by atoms with van der Waals surface area (Å²) in [6, 6.07) is 5.66. The molecule has 0 saturated carbocycles. The summed E-state index contributed by atoms with van der Waals surface area (Å²) in [5.74, 6) is 1.00. The first-order valence-corrected chi connectivity index (χ1v) is 5.25. The van der Waals surface area contributed by atoms with Crippen LogP contribution in [0.3, 0.4) is 0 Å². The summed E-state index contributed by atoms with van der Waals surface area (Å²) < 4.78 is 15.6. The van der Waals surface area contributed by atoms with Gasteiger partial charge in [0.15, 0.2) is 17.6 Å². The number of hydrogen-bond donors (Lipinski definition) is 0. The van der Waals surface area contributed by atoms with E-state index in [4.69, 9.17) is 9.47 Å². The molecule has 0 amide bonds. The largest absolute Gasteiger partial charge is 0.490 e. The van der Waals surface area contributed by atoms with Crippen LogP contribution in [-0.2, 0) is 16.0 Å². The Hall–Kier alpha value is -1.71. The van der Waals surface area contributed by atoms with Gasteiger partial charge in [-0.3, -0.25) is 0 Å². The van der Waals surface area contributed by atoms with E-state index in [9.17, 15) is 4.79 Å². The zero-order chi connectivity index (χ0) is 11.5. The lowest BCUT2D eigenvalue weighted by atomic mass is 10.1. The van der Waals surface area contributed by atoms with Crippen LogP contribution in [0.25, 0.3) is 0 Å². The highest BCUT2D eigenvalue weighted by Gasteiger charge is 2.31. The van der Waals surface area contributed by atoms with Crippen LogP contribution in [0, 0.1) is 0 Å². The highest BCUT2D eigenvalue weighted by Crippen LogP contribution is 2.37. The second-order valence-corrected chi connectivity index (χ2v) is 3.51. The molecule has 0 saturated heterocycles. The van der Waals surface area contributed by atoms with Crippen LogP contribution in [0.1, 0.15) is 12.5 Å². The third-order valence-corrected chi connectivity index (χ3v) is 2.49. The molecule has 1 aromatic carbocycles. The minimum absolute atomic E-state index is 0.348. The summed E-state index contributed by atoms with van der Waals surface area (Å²) >= 11 is 0. The predicted molar refractivity (Wildman–Crippen MR) is 57.7 cm³/mol. The number of benzene rings is 1. The lowest BCUT2D eigenvalue weighted by molar-refractivity contribution is -0.147. The Balaban J connectivity index is 2.23. The Bertz CT molecular complexity index is 400. The van der Waals surface area contributed by atoms with Crippen molar-refractivity contribution in [2.75, 3.05) is 13.7 Å². The van der Waals surface area contributed by atoms with E-state index in [0.717, 1.165) is 5.56 Å². The van der Waals surface area contributed by atoms with Crippen molar-refractivity contribution in [1.82, 2.24) is 0 Å². The van der Waals surface area contributed by atoms with Crippen LogP contribution >= 0.6 is 0 Å². The highest BCUT2D eigenvalue weighted by atomic mass is 16.6. The summed E-state index contributed by atoms with van der Waals surface area (Å²) in [5.41, 5.74) is 0.987. The highest BCUT2D eigenvalue weighted by molar-refractivity contribution is 5.77. The van der Waals surface area contributed by atoms with Crippen LogP contribution in [0.2, 0.25) is 0 Å². The number of fused-ring (bicyclic) bond motifs is 1. The van der Waals surface area contributed by atoms with Gasteiger partial charge in [0, 0.05) is 12.0 Å². The van der Waals surface area contributed by atoms with Crippen LogP contribution < -0.4 is 9.47 Å². The van der Waals surface area contributed by atoms with Gasteiger partial charge in [-0.05, 0) is 13.0 Å². The van der Waals surface area contributed by atoms with Gasteiger partial charge in [-0.2, -0.15) is 0 Å². The molecule has 2 rings (SSSR count). The molecule has 16 heavy (non-hydrogen) atoms. The molecule has 1 atom stereocenters. The molecule has 1 heterocycles. The summed E-state index contributed by atoms with van der Waals surface area (Å²) in [6.45, 7) is 2.48. The average Bonchev–Trinajstić information content (AvgIpc) is 2.73. The number of carbonyl (C=O) groups is 1. The number of carbonyl (C=O) groups excluding carboxylic acids is 1. The minimum atomic E-state index is -0.540. The zero-order valence-electron chi connectivity index (χ0n) is 9.36. The van der Waals surface area contributed by atoms with Crippen molar-refractivity contribution in [3.05, 3.63) is 23.8 Å². The number of hydrogen-bond acceptors (Lipinski definition) is 4. The van der Waals surface area contributed by atoms with Crippen molar-refractivity contribution >= 4 is 5.97 Å². The lowest BCUT2D eigenvalue weighted by Gasteiger charge is -2.10. The Morgan fingerprint density at radius 3 is 3.06 bits per heavy atom. The molecule has 4 heteroatoms. The third kappa shape index (κ3) is 1.83. The van der Waals surface area contributed by atoms with Crippen molar-refractivity contribution in [3.63, 3.8) is 0 Å². The molecule has 0 fully saturated rings. The number of ether oxygens (including phenoxy) is 3. The van der Waals surface area contributed by atoms with E-state index >= 15 is 0 Å². The molecule has 4 nitrogen and oxygen atoms in total. The number of rotatable bonds is 3. The fourth-order valence-corrected chi connectivity index (χ4v) is 1.77. The van der Waals surface area contributed by atoms with Crippen molar-refractivity contribution in [1.29, 1.82) is 0 Å². The summed E-state index contributed by atoms with van der Waals surface area (Å²) in [4.78, 5) is 11.4. The van der Waals surface area contributed by atoms with E-state index in [1.54, 1.807) is 0 Å². The molecular formula is C12H14O4. The third-order valence-electron chi connectivity index (χ3n) is 2.49. The average molecular weight is 222 g/mol. The van der Waals surface area contributed by atoms with Gasteiger partial charge < -0.3 is 14.2 Å². The number of para-hydroxylation sites is 1. The minimum Gasteiger partial charge on any atom is -0.490 e. The predicted octanol–water partition coefficient (Wildman–Crippen LogP) is 1.56. The fraction of sp³-hybridized carbons (Fsp3) is 0.417. The molecule has 0 radical (unpaired) electrons. The van der Waals surface area contributed by atoms with Crippen molar-refractivity contribution in [2.45, 2.75) is 19.4 Å². The quantitative estimate of drug-likeness (QED) is 0.728. The van der Waals surface area contributed by atoms with Gasteiger partial charge in [0.2, 0.25) is 0 Å². The Morgan fingerprint density at radius 2 is 2.38 bits per heavy atom. The monoisotopic (exact) mass is 222 g/mol. The first-order chi connectivity index (χ1) is 7.76. The van der Waals surface area contributed by atoms with Crippen LogP contribution in [0.15, 0.2) is 18.2 Å². The Morgan fingerprint density at radius 1 is 1.56 bits per heavy atom. The van der Waals surface area contributed by atoms with Gasteiger partial charge in [0.05, 0.1) is 13.7 Å². The molecule has 1 aliphatic heterocycles. The van der Waals surface area contributed by atoms with E-state index in [0.29, 0.717) is 24.5 Å². The topological polar surface area (TPSA) is 44.8 Å².